The van der Waals surface area contributed by atoms with Crippen LogP contribution in [-0.2, 0) is 19.1 Å². The van der Waals surface area contributed by atoms with Gasteiger partial charge >= 0.3 is 30.2 Å². The van der Waals surface area contributed by atoms with E-state index >= 15 is 0 Å². The van der Waals surface area contributed by atoms with Gasteiger partial charge in [-0.2, -0.15) is 26.3 Å². The summed E-state index contributed by atoms with van der Waals surface area (Å²) in [6, 6.07) is -2.02. The van der Waals surface area contributed by atoms with Gasteiger partial charge in [0, 0.05) is 6.42 Å². The number of aliphatic carboxylic acids is 1. The van der Waals surface area contributed by atoms with Crippen molar-refractivity contribution < 1.29 is 50.6 Å². The van der Waals surface area contributed by atoms with Crippen molar-refractivity contribution in [1.82, 2.24) is 4.90 Å². The number of carbonyl (C=O) groups is 3. The summed E-state index contributed by atoms with van der Waals surface area (Å²) in [5.74, 6) is -7.04. The Balaban J connectivity index is 2.86. The molecule has 1 rings (SSSR count). The highest BCUT2D eigenvalue weighted by Crippen LogP contribution is 2.28. The van der Waals surface area contributed by atoms with Crippen molar-refractivity contribution in [3.63, 3.8) is 0 Å². The normalized spacial score (nSPS) is 23.0. The van der Waals surface area contributed by atoms with E-state index in [1.54, 1.807) is 0 Å². The maximum atomic E-state index is 12.2. The van der Waals surface area contributed by atoms with Gasteiger partial charge in [-0.25, -0.2) is 9.59 Å². The Kier molecular flexibility index (Phi) is 4.39. The molecule has 0 unspecified atom stereocenters. The van der Waals surface area contributed by atoms with Crippen molar-refractivity contribution in [2.45, 2.75) is 30.9 Å². The molecule has 0 aliphatic carbocycles. The van der Waals surface area contributed by atoms with Gasteiger partial charge in [-0.3, -0.25) is 4.79 Å². The molecule has 1 aliphatic rings. The molecule has 0 saturated carbocycles. The van der Waals surface area contributed by atoms with Gasteiger partial charge in [0.1, 0.15) is 12.1 Å². The number of esters is 1. The van der Waals surface area contributed by atoms with Gasteiger partial charge in [0.15, 0.2) is 0 Å². The molecule has 0 aromatic heterocycles. The second kappa shape index (κ2) is 5.41. The van der Waals surface area contributed by atoms with E-state index in [4.69, 9.17) is 5.11 Å². The molecule has 1 amide bonds. The van der Waals surface area contributed by atoms with Crippen LogP contribution in [0.1, 0.15) is 6.42 Å². The number of ether oxygens (including phenoxy) is 1. The molecule has 0 aromatic carbocycles. The number of hydrogen-bond donors (Lipinski definition) is 1. The second-order valence-corrected chi connectivity index (χ2v) is 4.07. The molecule has 1 fully saturated rings. The SMILES string of the molecule is O=C(O)[C@@H]1C[C@@H](OC(=O)C(F)(F)F)CN1C(=O)C(F)(F)F. The van der Waals surface area contributed by atoms with Gasteiger partial charge in [0.25, 0.3) is 0 Å². The number of halogens is 6. The van der Waals surface area contributed by atoms with Crippen LogP contribution in [0.3, 0.4) is 0 Å². The molecule has 0 spiro atoms. The van der Waals surface area contributed by atoms with Crippen LogP contribution in [0.4, 0.5) is 26.3 Å². The van der Waals surface area contributed by atoms with Gasteiger partial charge in [0.2, 0.25) is 0 Å². The van der Waals surface area contributed by atoms with Gasteiger partial charge in [-0.05, 0) is 0 Å². The maximum Gasteiger partial charge on any atom is 0.490 e. The highest BCUT2D eigenvalue weighted by atomic mass is 19.4. The fourth-order valence-corrected chi connectivity index (χ4v) is 1.72. The van der Waals surface area contributed by atoms with E-state index in [1.807, 2.05) is 0 Å². The minimum absolute atomic E-state index is 0.184. The van der Waals surface area contributed by atoms with Gasteiger partial charge in [-0.1, -0.05) is 0 Å². The van der Waals surface area contributed by atoms with Crippen LogP contribution >= 0.6 is 0 Å². The summed E-state index contributed by atoms with van der Waals surface area (Å²) in [7, 11) is 0. The first-order valence-electron chi connectivity index (χ1n) is 5.22. The summed E-state index contributed by atoms with van der Waals surface area (Å²) in [6.07, 6.45) is -13.4. The first kappa shape index (κ1) is 17.0. The molecular weight excluding hydrogens is 316 g/mol. The maximum absolute atomic E-state index is 12.2. The highest BCUT2D eigenvalue weighted by Gasteiger charge is 2.52. The van der Waals surface area contributed by atoms with E-state index in [1.165, 1.54) is 0 Å². The minimum Gasteiger partial charge on any atom is -0.480 e. The largest absolute Gasteiger partial charge is 0.490 e. The summed E-state index contributed by atoms with van der Waals surface area (Å²) in [5.41, 5.74) is 0. The number of carbonyl (C=O) groups excluding carboxylic acids is 2. The predicted octanol–water partition coefficient (Wildman–Crippen LogP) is 0.708. The number of carboxylic acid groups (broad SMARTS) is 1. The minimum atomic E-state index is -5.39. The Morgan fingerprint density at radius 2 is 1.57 bits per heavy atom. The van der Waals surface area contributed by atoms with Crippen molar-refractivity contribution in [3.8, 4) is 0 Å². The number of rotatable bonds is 2. The molecule has 1 aliphatic heterocycles. The van der Waals surface area contributed by atoms with Crippen molar-refractivity contribution in [2.75, 3.05) is 6.54 Å². The summed E-state index contributed by atoms with van der Waals surface area (Å²) < 4.78 is 76.5. The summed E-state index contributed by atoms with van der Waals surface area (Å²) in [4.78, 5) is 32.1. The van der Waals surface area contributed by atoms with E-state index in [-0.39, 0.29) is 4.90 Å². The summed E-state index contributed by atoms with van der Waals surface area (Å²) >= 11 is 0. The molecule has 0 bridgehead atoms. The fourth-order valence-electron chi connectivity index (χ4n) is 1.72. The molecule has 1 N–H and O–H groups in total. The Bertz CT molecular complexity index is 459. The average Bonchev–Trinajstić information content (AvgIpc) is 2.69. The Morgan fingerprint density at radius 3 is 1.95 bits per heavy atom. The first-order chi connectivity index (χ1) is 9.34. The topological polar surface area (TPSA) is 83.9 Å². The molecule has 12 heteroatoms. The van der Waals surface area contributed by atoms with Crippen LogP contribution in [0.5, 0.6) is 0 Å². The molecule has 2 atom stereocenters. The zero-order chi connectivity index (χ0) is 16.6. The second-order valence-electron chi connectivity index (χ2n) is 4.07. The van der Waals surface area contributed by atoms with Crippen molar-refractivity contribution >= 4 is 17.8 Å². The lowest BCUT2D eigenvalue weighted by Crippen LogP contribution is -2.47. The Hall–Kier alpha value is -2.01. The van der Waals surface area contributed by atoms with Crippen LogP contribution < -0.4 is 0 Å². The zero-order valence-corrected chi connectivity index (χ0v) is 9.86. The van der Waals surface area contributed by atoms with Crippen LogP contribution in [0.2, 0.25) is 0 Å². The molecule has 21 heavy (non-hydrogen) atoms. The van der Waals surface area contributed by atoms with E-state index in [9.17, 15) is 40.7 Å². The number of alkyl halides is 6. The Morgan fingerprint density at radius 1 is 1.05 bits per heavy atom. The lowest BCUT2D eigenvalue weighted by molar-refractivity contribution is -0.204. The smallest absolute Gasteiger partial charge is 0.480 e. The third kappa shape index (κ3) is 3.98. The van der Waals surface area contributed by atoms with Gasteiger partial charge < -0.3 is 14.7 Å². The van der Waals surface area contributed by atoms with Crippen LogP contribution in [0, 0.1) is 0 Å². The van der Waals surface area contributed by atoms with Gasteiger partial charge in [0.05, 0.1) is 6.54 Å². The molecular formula is C9H7F6NO5. The van der Waals surface area contributed by atoms with Crippen LogP contribution in [0.25, 0.3) is 0 Å². The number of likely N-dealkylation sites (tertiary alicyclic amines) is 1. The van der Waals surface area contributed by atoms with Crippen molar-refractivity contribution in [3.05, 3.63) is 0 Å². The molecule has 0 radical (unpaired) electrons. The molecule has 120 valence electrons. The van der Waals surface area contributed by atoms with Crippen molar-refractivity contribution in [1.29, 1.82) is 0 Å². The summed E-state index contributed by atoms with van der Waals surface area (Å²) in [6.45, 7) is -1.09. The van der Waals surface area contributed by atoms with E-state index in [0.29, 0.717) is 0 Å². The standard InChI is InChI=1S/C9H7F6NO5/c10-8(11,12)6(19)16-2-3(1-4(16)5(17)18)21-7(20)9(13,14)15/h3-4H,1-2H2,(H,17,18)/t3-,4+/m1/s1. The third-order valence-corrected chi connectivity index (χ3v) is 2.56. The third-order valence-electron chi connectivity index (χ3n) is 2.56. The first-order valence-corrected chi connectivity index (χ1v) is 5.22. The number of hydrogen-bond acceptors (Lipinski definition) is 4. The number of carboxylic acids is 1. The predicted molar refractivity (Wildman–Crippen MR) is 49.7 cm³/mol. The number of nitrogens with zero attached hydrogens (tertiary/aromatic N) is 1. The lowest BCUT2D eigenvalue weighted by Gasteiger charge is -2.22. The van der Waals surface area contributed by atoms with Crippen LogP contribution in [0.15, 0.2) is 0 Å². The molecule has 6 nitrogen and oxygen atoms in total. The fraction of sp³-hybridized carbons (Fsp3) is 0.667. The molecule has 1 saturated heterocycles. The Labute approximate surface area is 112 Å². The highest BCUT2D eigenvalue weighted by molar-refractivity contribution is 5.88. The summed E-state index contributed by atoms with van der Waals surface area (Å²) in [5, 5.41) is 8.69. The van der Waals surface area contributed by atoms with E-state index in [2.05, 4.69) is 4.74 Å². The van der Waals surface area contributed by atoms with E-state index < -0.39 is 55.3 Å². The molecule has 1 heterocycles. The quantitative estimate of drug-likeness (QED) is 0.598. The van der Waals surface area contributed by atoms with Crippen molar-refractivity contribution in [2.24, 2.45) is 0 Å². The molecule has 0 aromatic rings. The average molecular weight is 323 g/mol. The van der Waals surface area contributed by atoms with Gasteiger partial charge in [-0.15, -0.1) is 0 Å². The zero-order valence-electron chi connectivity index (χ0n) is 9.86. The van der Waals surface area contributed by atoms with Crippen LogP contribution in [-0.4, -0.2) is 58.9 Å². The van der Waals surface area contributed by atoms with E-state index in [0.717, 1.165) is 0 Å². The monoisotopic (exact) mass is 323 g/mol. The number of amides is 1. The lowest BCUT2D eigenvalue weighted by atomic mass is 10.2.